The summed E-state index contributed by atoms with van der Waals surface area (Å²) in [4.78, 5) is 124. The van der Waals surface area contributed by atoms with Gasteiger partial charge in [0.15, 0.2) is 6.29 Å². The number of hydrogen-bond donors (Lipinski definition) is 9. The quantitative estimate of drug-likeness (QED) is 0.0311. The van der Waals surface area contributed by atoms with Crippen LogP contribution in [-0.2, 0) is 81.0 Å². The maximum absolute atomic E-state index is 13.2. The first-order chi connectivity index (χ1) is 41.3. The molecule has 0 radical (unpaired) electrons. The van der Waals surface area contributed by atoms with E-state index in [1.54, 1.807) is 0 Å². The molecule has 9 N–H and O–H groups in total. The van der Waals surface area contributed by atoms with Crippen molar-refractivity contribution in [2.45, 2.75) is 185 Å². The summed E-state index contributed by atoms with van der Waals surface area (Å²) in [6.45, 7) is 0.633. The Morgan fingerprint density at radius 3 is 1.56 bits per heavy atom. The van der Waals surface area contributed by atoms with Crippen molar-refractivity contribution in [3.05, 3.63) is 0 Å². The Kier molecular flexibility index (Phi) is 45.0. The number of rotatable bonds is 54. The van der Waals surface area contributed by atoms with E-state index in [9.17, 15) is 63.3 Å². The third-order valence-corrected chi connectivity index (χ3v) is 14.7. The Labute approximate surface area is 507 Å². The SMILES string of the molecule is COC(CNC(=O)N(C)C(=O)COCCOCCNC(=O)COCCOCCNC(=O)[C@H](CCC(=O)O)NC(=O)CC[C@H](NC(=O)[C@H]1CC[C@H](CNC(=O)CCCCCCCCCCCCCCCCCC(OC)(OC)C(=O)O)CC1)C(=O)O)OC. The lowest BCUT2D eigenvalue weighted by Gasteiger charge is -2.28. The second-order valence-corrected chi connectivity index (χ2v) is 21.3. The van der Waals surface area contributed by atoms with Gasteiger partial charge in [0, 0.05) is 86.7 Å². The number of carboxylic acid groups (broad SMARTS) is 3. The van der Waals surface area contributed by atoms with Crippen molar-refractivity contribution in [2.24, 2.45) is 11.8 Å². The van der Waals surface area contributed by atoms with Gasteiger partial charge in [0.2, 0.25) is 29.5 Å². The molecule has 1 aliphatic carbocycles. The van der Waals surface area contributed by atoms with Crippen LogP contribution in [0.5, 0.6) is 0 Å². The van der Waals surface area contributed by atoms with Crippen molar-refractivity contribution >= 4 is 59.4 Å². The number of hydrogen-bond acceptors (Lipinski definition) is 18. The van der Waals surface area contributed by atoms with E-state index in [1.165, 1.54) is 80.4 Å². The molecule has 0 bridgehead atoms. The van der Waals surface area contributed by atoms with Crippen molar-refractivity contribution in [1.82, 2.24) is 36.8 Å². The number of likely N-dealkylation sites (N-methyl/N-ethyl adjacent to an activating group) is 1. The molecule has 8 amide bonds. The van der Waals surface area contributed by atoms with Gasteiger partial charge in [-0.1, -0.05) is 83.5 Å². The molecule has 0 spiro atoms. The van der Waals surface area contributed by atoms with Crippen LogP contribution < -0.4 is 31.9 Å². The molecule has 0 aliphatic heterocycles. The van der Waals surface area contributed by atoms with Gasteiger partial charge in [0.1, 0.15) is 25.3 Å². The predicted molar refractivity (Wildman–Crippen MR) is 312 cm³/mol. The normalized spacial score (nSPS) is 14.8. The standard InChI is InChI=1S/C58H103N7O21/c1-65(57(78)62-40-52(79-2)80-3)50(69)42-86-38-36-83-33-31-59-49(68)41-85-37-35-84-34-32-60-54(73)45(27-29-51(70)71)63-48(67)28-26-46(55(74)75)64-53(72)44-24-22-43(23-25-44)39-61-47(66)21-19-17-15-13-11-9-7-6-8-10-12-14-16-18-20-30-58(81-4,82-5)56(76)77/h43-46,52H,6-42H2,1-5H3,(H,59,68)(H,60,73)(H,61,66)(H,62,78)(H,63,67)(H,64,72)(H,70,71)(H,74,75)(H,76,77)/t43-,44-,45-,46-/m0/s1. The van der Waals surface area contributed by atoms with Gasteiger partial charge in [0.25, 0.3) is 11.7 Å². The molecule has 86 heavy (non-hydrogen) atoms. The molecule has 0 heterocycles. The zero-order chi connectivity index (χ0) is 63.8. The third-order valence-electron chi connectivity index (χ3n) is 14.7. The average Bonchev–Trinajstić information content (AvgIpc) is 3.57. The Hall–Kier alpha value is -5.62. The van der Waals surface area contributed by atoms with E-state index in [0.29, 0.717) is 45.1 Å². The summed E-state index contributed by atoms with van der Waals surface area (Å²) in [6, 6.07) is -3.27. The number of urea groups is 1. The van der Waals surface area contributed by atoms with Gasteiger partial charge >= 0.3 is 23.9 Å². The zero-order valence-corrected chi connectivity index (χ0v) is 51.7. The van der Waals surface area contributed by atoms with Gasteiger partial charge in [-0.2, -0.15) is 0 Å². The van der Waals surface area contributed by atoms with E-state index in [-0.39, 0.29) is 104 Å². The number of unbranched alkanes of at least 4 members (excludes halogenated alkanes) is 14. The van der Waals surface area contributed by atoms with Gasteiger partial charge in [-0.3, -0.25) is 38.5 Å². The summed E-state index contributed by atoms with van der Waals surface area (Å²) >= 11 is 0. The first-order valence-corrected chi connectivity index (χ1v) is 30.4. The molecule has 1 saturated carbocycles. The maximum Gasteiger partial charge on any atom is 0.364 e. The van der Waals surface area contributed by atoms with Crippen LogP contribution in [0.25, 0.3) is 0 Å². The molecule has 1 aliphatic rings. The minimum atomic E-state index is -1.54. The Morgan fingerprint density at radius 1 is 0.523 bits per heavy atom. The largest absolute Gasteiger partial charge is 0.481 e. The maximum atomic E-state index is 13.2. The summed E-state index contributed by atoms with van der Waals surface area (Å²) in [5.74, 6) is -8.18. The van der Waals surface area contributed by atoms with Crippen LogP contribution in [0.4, 0.5) is 4.79 Å². The minimum Gasteiger partial charge on any atom is -0.481 e. The molecule has 28 heteroatoms. The molecular formula is C58H103N7O21. The molecule has 0 saturated heterocycles. The van der Waals surface area contributed by atoms with Crippen molar-refractivity contribution in [3.63, 3.8) is 0 Å². The fraction of sp³-hybridized carbons (Fsp3) is 0.828. The summed E-state index contributed by atoms with van der Waals surface area (Å²) in [7, 11) is 6.85. The average molecular weight is 1230 g/mol. The van der Waals surface area contributed by atoms with Crippen molar-refractivity contribution in [2.75, 3.05) is 115 Å². The third kappa shape index (κ3) is 37.8. The highest BCUT2D eigenvalue weighted by atomic mass is 16.7. The van der Waals surface area contributed by atoms with Crippen LogP contribution in [-0.4, -0.2) is 218 Å². The highest BCUT2D eigenvalue weighted by Crippen LogP contribution is 2.29. The number of ether oxygens (including phenoxy) is 8. The molecule has 0 aromatic carbocycles. The number of carbonyl (C=O) groups excluding carboxylic acids is 7. The Morgan fingerprint density at radius 2 is 1.03 bits per heavy atom. The van der Waals surface area contributed by atoms with Crippen LogP contribution in [0.15, 0.2) is 0 Å². The number of carbonyl (C=O) groups is 10. The molecule has 2 atom stereocenters. The summed E-state index contributed by atoms with van der Waals surface area (Å²) < 4.78 is 41.4. The van der Waals surface area contributed by atoms with E-state index >= 15 is 0 Å². The number of amides is 8. The molecule has 1 fully saturated rings. The highest BCUT2D eigenvalue weighted by Gasteiger charge is 2.38. The van der Waals surface area contributed by atoms with Crippen LogP contribution in [0.3, 0.4) is 0 Å². The van der Waals surface area contributed by atoms with E-state index in [0.717, 1.165) is 56.3 Å². The van der Waals surface area contributed by atoms with Crippen LogP contribution in [0, 0.1) is 11.8 Å². The van der Waals surface area contributed by atoms with Crippen molar-refractivity contribution in [1.29, 1.82) is 0 Å². The molecule has 0 unspecified atom stereocenters. The van der Waals surface area contributed by atoms with Gasteiger partial charge < -0.3 is 85.1 Å². The second kappa shape index (κ2) is 49.4. The first kappa shape index (κ1) is 78.4. The van der Waals surface area contributed by atoms with Crippen molar-refractivity contribution < 1.29 is 101 Å². The lowest BCUT2D eigenvalue weighted by atomic mass is 9.81. The Bertz CT molecular complexity index is 1950. The molecule has 0 aromatic rings. The van der Waals surface area contributed by atoms with Crippen LogP contribution >= 0.6 is 0 Å². The number of imide groups is 1. The fourth-order valence-electron chi connectivity index (χ4n) is 9.32. The highest BCUT2D eigenvalue weighted by molar-refractivity contribution is 5.94. The zero-order valence-electron chi connectivity index (χ0n) is 51.7. The van der Waals surface area contributed by atoms with E-state index in [2.05, 4.69) is 31.9 Å². The van der Waals surface area contributed by atoms with Gasteiger partial charge in [-0.25, -0.2) is 14.4 Å². The van der Waals surface area contributed by atoms with Gasteiger partial charge in [-0.05, 0) is 57.3 Å². The van der Waals surface area contributed by atoms with Gasteiger partial charge in [-0.15, -0.1) is 0 Å². The molecule has 28 nitrogen and oxygen atoms in total. The Balaban J connectivity index is 2.19. The second-order valence-electron chi connectivity index (χ2n) is 21.3. The minimum absolute atomic E-state index is 0.00754. The summed E-state index contributed by atoms with van der Waals surface area (Å²) in [5, 5.41) is 44.2. The molecular weight excluding hydrogens is 1130 g/mol. The number of carboxylic acids is 3. The van der Waals surface area contributed by atoms with E-state index in [1.807, 2.05) is 0 Å². The molecule has 1 rings (SSSR count). The monoisotopic (exact) mass is 1230 g/mol. The van der Waals surface area contributed by atoms with E-state index < -0.39 is 90.0 Å². The summed E-state index contributed by atoms with van der Waals surface area (Å²) in [6.07, 6.45) is 17.8. The smallest absolute Gasteiger partial charge is 0.364 e. The molecule has 0 aromatic heterocycles. The lowest BCUT2D eigenvalue weighted by molar-refractivity contribution is -0.228. The first-order valence-electron chi connectivity index (χ1n) is 30.4. The van der Waals surface area contributed by atoms with Crippen molar-refractivity contribution in [3.8, 4) is 0 Å². The molecule has 496 valence electrons. The number of nitrogens with zero attached hydrogens (tertiary/aromatic N) is 1. The lowest BCUT2D eigenvalue weighted by Crippen LogP contribution is -2.48. The fourth-order valence-corrected chi connectivity index (χ4v) is 9.32. The number of aliphatic carboxylic acids is 3. The number of methoxy groups -OCH3 is 4. The van der Waals surface area contributed by atoms with Gasteiger partial charge in [0.05, 0.1) is 46.2 Å². The number of nitrogens with one attached hydrogen (secondary N) is 6. The predicted octanol–water partition coefficient (Wildman–Crippen LogP) is 3.40. The van der Waals surface area contributed by atoms with Crippen LogP contribution in [0.2, 0.25) is 0 Å². The summed E-state index contributed by atoms with van der Waals surface area (Å²) in [5.41, 5.74) is 0. The topological polar surface area (TPSA) is 381 Å². The van der Waals surface area contributed by atoms with Crippen LogP contribution in [0.1, 0.15) is 161 Å². The van der Waals surface area contributed by atoms with E-state index in [4.69, 9.17) is 37.9 Å².